The maximum Gasteiger partial charge on any atom is 0.323 e. The second-order valence-electron chi connectivity index (χ2n) is 13.3. The van der Waals surface area contributed by atoms with Crippen LogP contribution in [-0.4, -0.2) is 117 Å². The van der Waals surface area contributed by atoms with Gasteiger partial charge >= 0.3 is 6.03 Å². The van der Waals surface area contributed by atoms with E-state index in [2.05, 4.69) is 15.5 Å². The number of ether oxygens (including phenoxy) is 4. The Kier molecular flexibility index (Phi) is 13.9. The largest absolute Gasteiger partial charge is 0.490 e. The van der Waals surface area contributed by atoms with Gasteiger partial charge in [0, 0.05) is 56.5 Å². The molecule has 0 saturated carbocycles. The van der Waals surface area contributed by atoms with Crippen LogP contribution in [0, 0.1) is 5.92 Å². The highest BCUT2D eigenvalue weighted by atomic mass is 16.7. The van der Waals surface area contributed by atoms with Gasteiger partial charge in [-0.05, 0) is 90.5 Å². The van der Waals surface area contributed by atoms with Crippen molar-refractivity contribution < 1.29 is 38.4 Å². The lowest BCUT2D eigenvalue weighted by Crippen LogP contribution is -2.48. The Balaban J connectivity index is 1.55. The Hall–Kier alpha value is -4.07. The molecular weight excluding hydrogens is 630 g/mol. The first-order chi connectivity index (χ1) is 23.4. The SMILES string of the molecule is C[C@@H]1CCCCO[C@H](CN(C)C(=O)CCCN(C)C)[C@H](C)CN([C@@H](C)CO)C(=O)c2cc(NC(=O)Nc3ccc4c(c3)OCO4)ccc2O1. The van der Waals surface area contributed by atoms with Gasteiger partial charge in [-0.25, -0.2) is 4.79 Å². The zero-order valence-electron chi connectivity index (χ0n) is 29.7. The number of nitrogens with one attached hydrogen (secondary N) is 2. The van der Waals surface area contributed by atoms with Gasteiger partial charge in [-0.2, -0.15) is 0 Å². The molecule has 0 fully saturated rings. The topological polar surface area (TPSA) is 142 Å². The van der Waals surface area contributed by atoms with Crippen LogP contribution in [0.1, 0.15) is 63.2 Å². The molecule has 4 amide bonds. The second-order valence-corrected chi connectivity index (χ2v) is 13.3. The van der Waals surface area contributed by atoms with Crippen LogP contribution in [0.3, 0.4) is 0 Å². The number of rotatable bonds is 10. The van der Waals surface area contributed by atoms with Crippen LogP contribution in [0.15, 0.2) is 36.4 Å². The minimum absolute atomic E-state index is 0.0520. The number of nitrogens with zero attached hydrogens (tertiary/aromatic N) is 3. The number of urea groups is 1. The molecule has 2 aromatic carbocycles. The highest BCUT2D eigenvalue weighted by Gasteiger charge is 2.31. The van der Waals surface area contributed by atoms with E-state index in [1.165, 1.54) is 0 Å². The van der Waals surface area contributed by atoms with Crippen LogP contribution in [0.4, 0.5) is 16.2 Å². The third kappa shape index (κ3) is 11.0. The van der Waals surface area contributed by atoms with Crippen molar-refractivity contribution in [2.45, 2.75) is 71.1 Å². The van der Waals surface area contributed by atoms with Gasteiger partial charge in [0.2, 0.25) is 12.7 Å². The van der Waals surface area contributed by atoms with E-state index in [0.29, 0.717) is 48.2 Å². The zero-order chi connectivity index (χ0) is 35.5. The molecule has 0 saturated heterocycles. The first-order valence-electron chi connectivity index (χ1n) is 17.2. The average molecular weight is 684 g/mol. The number of hydrogen-bond acceptors (Lipinski definition) is 9. The number of fused-ring (bicyclic) bond motifs is 2. The van der Waals surface area contributed by atoms with Crippen LogP contribution < -0.4 is 24.8 Å². The van der Waals surface area contributed by atoms with Crippen LogP contribution in [-0.2, 0) is 9.53 Å². The molecule has 0 aromatic heterocycles. The molecule has 0 unspecified atom stereocenters. The van der Waals surface area contributed by atoms with Gasteiger partial charge in [0.05, 0.1) is 30.4 Å². The summed E-state index contributed by atoms with van der Waals surface area (Å²) in [5, 5.41) is 15.8. The number of hydrogen-bond donors (Lipinski definition) is 3. The van der Waals surface area contributed by atoms with Gasteiger partial charge in [0.25, 0.3) is 5.91 Å². The van der Waals surface area contributed by atoms with Crippen molar-refractivity contribution in [2.75, 3.05) is 71.4 Å². The summed E-state index contributed by atoms with van der Waals surface area (Å²) in [6.45, 7) is 7.63. The van der Waals surface area contributed by atoms with Gasteiger partial charge < -0.3 is 49.4 Å². The highest BCUT2D eigenvalue weighted by Crippen LogP contribution is 2.34. The van der Waals surface area contributed by atoms with Crippen molar-refractivity contribution in [2.24, 2.45) is 5.92 Å². The van der Waals surface area contributed by atoms with Crippen LogP contribution >= 0.6 is 0 Å². The molecule has 2 aromatic rings. The van der Waals surface area contributed by atoms with Crippen molar-refractivity contribution in [1.82, 2.24) is 14.7 Å². The normalized spacial score (nSPS) is 20.5. The summed E-state index contributed by atoms with van der Waals surface area (Å²) in [6, 6.07) is 9.07. The Morgan fingerprint density at radius 1 is 1.00 bits per heavy atom. The van der Waals surface area contributed by atoms with E-state index in [0.717, 1.165) is 32.2 Å². The number of carbonyl (C=O) groups excluding carboxylic acids is 3. The lowest BCUT2D eigenvalue weighted by Gasteiger charge is -2.36. The number of aliphatic hydroxyl groups is 1. The third-order valence-corrected chi connectivity index (χ3v) is 8.82. The molecule has 0 spiro atoms. The maximum absolute atomic E-state index is 14.4. The van der Waals surface area contributed by atoms with E-state index in [9.17, 15) is 19.5 Å². The summed E-state index contributed by atoms with van der Waals surface area (Å²) in [7, 11) is 5.77. The van der Waals surface area contributed by atoms with Crippen molar-refractivity contribution in [3.8, 4) is 17.2 Å². The van der Waals surface area contributed by atoms with E-state index >= 15 is 0 Å². The van der Waals surface area contributed by atoms with Crippen molar-refractivity contribution in [1.29, 1.82) is 0 Å². The minimum atomic E-state index is -0.523. The number of carbonyl (C=O) groups is 3. The highest BCUT2D eigenvalue weighted by molar-refractivity contribution is 6.02. The number of benzene rings is 2. The molecule has 13 heteroatoms. The fraction of sp³-hybridized carbons (Fsp3) is 0.583. The molecular formula is C36H53N5O8. The molecule has 2 aliphatic rings. The molecule has 4 rings (SSSR count). The molecule has 270 valence electrons. The first-order valence-corrected chi connectivity index (χ1v) is 17.2. The van der Waals surface area contributed by atoms with E-state index in [1.54, 1.807) is 60.2 Å². The quantitative estimate of drug-likeness (QED) is 0.326. The van der Waals surface area contributed by atoms with Gasteiger partial charge in [-0.3, -0.25) is 9.59 Å². The number of anilines is 2. The fourth-order valence-electron chi connectivity index (χ4n) is 5.84. The summed E-state index contributed by atoms with van der Waals surface area (Å²) in [6.07, 6.45) is 3.13. The average Bonchev–Trinajstić information content (AvgIpc) is 3.53. The molecule has 0 radical (unpaired) electrons. The molecule has 0 bridgehead atoms. The Labute approximate surface area is 289 Å². The lowest BCUT2D eigenvalue weighted by atomic mass is 10.0. The van der Waals surface area contributed by atoms with Crippen LogP contribution in [0.2, 0.25) is 0 Å². The predicted octanol–water partition coefficient (Wildman–Crippen LogP) is 4.66. The number of aliphatic hydroxyl groups excluding tert-OH is 1. The molecule has 3 N–H and O–H groups in total. The van der Waals surface area contributed by atoms with Crippen molar-refractivity contribution in [3.05, 3.63) is 42.0 Å². The van der Waals surface area contributed by atoms with E-state index < -0.39 is 12.1 Å². The Morgan fingerprint density at radius 2 is 1.69 bits per heavy atom. The smallest absolute Gasteiger partial charge is 0.323 e. The summed E-state index contributed by atoms with van der Waals surface area (Å²) in [4.78, 5) is 45.7. The van der Waals surface area contributed by atoms with E-state index in [1.807, 2.05) is 27.9 Å². The lowest BCUT2D eigenvalue weighted by molar-refractivity contribution is -0.132. The summed E-state index contributed by atoms with van der Waals surface area (Å²) in [5.74, 6) is 1.08. The molecule has 4 atom stereocenters. The van der Waals surface area contributed by atoms with E-state index in [4.69, 9.17) is 18.9 Å². The third-order valence-electron chi connectivity index (χ3n) is 8.82. The molecule has 2 heterocycles. The minimum Gasteiger partial charge on any atom is -0.490 e. The molecule has 0 aliphatic carbocycles. The molecule has 49 heavy (non-hydrogen) atoms. The predicted molar refractivity (Wildman–Crippen MR) is 188 cm³/mol. The summed E-state index contributed by atoms with van der Waals surface area (Å²) < 4.78 is 23.4. The Morgan fingerprint density at radius 3 is 2.41 bits per heavy atom. The zero-order valence-corrected chi connectivity index (χ0v) is 29.7. The van der Waals surface area contributed by atoms with E-state index in [-0.39, 0.29) is 55.4 Å². The van der Waals surface area contributed by atoms with Gasteiger partial charge in [0.1, 0.15) is 5.75 Å². The summed E-state index contributed by atoms with van der Waals surface area (Å²) >= 11 is 0. The Bertz CT molecular complexity index is 1420. The van der Waals surface area contributed by atoms with Gasteiger partial charge in [-0.1, -0.05) is 6.92 Å². The van der Waals surface area contributed by atoms with Gasteiger partial charge in [-0.15, -0.1) is 0 Å². The fourth-order valence-corrected chi connectivity index (χ4v) is 5.84. The van der Waals surface area contributed by atoms with Crippen LogP contribution in [0.25, 0.3) is 0 Å². The maximum atomic E-state index is 14.4. The summed E-state index contributed by atoms with van der Waals surface area (Å²) in [5.41, 5.74) is 1.17. The number of likely N-dealkylation sites (N-methyl/N-ethyl adjacent to an activating group) is 1. The monoisotopic (exact) mass is 683 g/mol. The van der Waals surface area contributed by atoms with Gasteiger partial charge in [0.15, 0.2) is 11.5 Å². The second kappa shape index (κ2) is 18.1. The van der Waals surface area contributed by atoms with Crippen molar-refractivity contribution >= 4 is 29.2 Å². The van der Waals surface area contributed by atoms with Crippen LogP contribution in [0.5, 0.6) is 17.2 Å². The standard InChI is InChI=1S/C36H53N5O8/c1-24-20-41(25(2)22-42)35(44)29-18-27(37-36(45)38-28-13-15-31-32(19-28)48-23-47-31)12-14-30(29)49-26(3)10-7-8-17-46-33(24)21-40(6)34(43)11-9-16-39(4)5/h12-15,18-19,24-26,33,42H,7-11,16-17,20-23H2,1-6H3,(H2,37,38,45)/t24-,25+,26-,33-/m1/s1. The molecule has 2 aliphatic heterocycles. The first kappa shape index (κ1) is 37.7. The number of amides is 4. The van der Waals surface area contributed by atoms with Crippen molar-refractivity contribution in [3.63, 3.8) is 0 Å². The molecule has 13 nitrogen and oxygen atoms in total.